The Bertz CT molecular complexity index is 214. The van der Waals surface area contributed by atoms with Gasteiger partial charge in [-0.3, -0.25) is 4.99 Å². The predicted molar refractivity (Wildman–Crippen MR) is 76.5 cm³/mol. The Labute approximate surface area is 105 Å². The van der Waals surface area contributed by atoms with E-state index >= 15 is 0 Å². The van der Waals surface area contributed by atoms with Gasteiger partial charge < -0.3 is 10.6 Å². The molecule has 0 aromatic heterocycles. The van der Waals surface area contributed by atoms with E-state index in [0.717, 1.165) is 25.5 Å². The highest BCUT2D eigenvalue weighted by Crippen LogP contribution is 2.20. The summed E-state index contributed by atoms with van der Waals surface area (Å²) in [5.74, 6) is 0.930. The first kappa shape index (κ1) is 15.6. The van der Waals surface area contributed by atoms with Crippen LogP contribution < -0.4 is 10.6 Å². The zero-order valence-corrected chi connectivity index (χ0v) is 12.4. The molecule has 1 unspecified atom stereocenters. The third-order valence-corrected chi connectivity index (χ3v) is 3.74. The van der Waals surface area contributed by atoms with Crippen LogP contribution in [0.4, 0.5) is 0 Å². The summed E-state index contributed by atoms with van der Waals surface area (Å²) in [6, 6.07) is 0.468. The van der Waals surface area contributed by atoms with E-state index in [1.807, 2.05) is 11.8 Å². The van der Waals surface area contributed by atoms with Crippen LogP contribution in [0.25, 0.3) is 0 Å². The van der Waals surface area contributed by atoms with E-state index in [4.69, 9.17) is 0 Å². The van der Waals surface area contributed by atoms with E-state index in [1.165, 1.54) is 0 Å². The van der Waals surface area contributed by atoms with E-state index in [9.17, 15) is 0 Å². The molecule has 2 N–H and O–H groups in total. The van der Waals surface area contributed by atoms with Gasteiger partial charge in [-0.2, -0.15) is 11.8 Å². The van der Waals surface area contributed by atoms with E-state index in [2.05, 4.69) is 56.5 Å². The lowest BCUT2D eigenvalue weighted by molar-refractivity contribution is 0.620. The fourth-order valence-corrected chi connectivity index (χ4v) is 1.18. The molecule has 0 bridgehead atoms. The number of rotatable bonds is 6. The number of nitrogens with zero attached hydrogens (tertiary/aromatic N) is 1. The first-order chi connectivity index (χ1) is 7.45. The van der Waals surface area contributed by atoms with Crippen molar-refractivity contribution in [2.24, 2.45) is 4.99 Å². The van der Waals surface area contributed by atoms with Crippen molar-refractivity contribution in [3.8, 4) is 0 Å². The van der Waals surface area contributed by atoms with Gasteiger partial charge in [0.1, 0.15) is 0 Å². The van der Waals surface area contributed by atoms with Crippen LogP contribution in [0.3, 0.4) is 0 Å². The van der Waals surface area contributed by atoms with Gasteiger partial charge in [0.2, 0.25) is 0 Å². The summed E-state index contributed by atoms with van der Waals surface area (Å²) in [6.45, 7) is 12.6. The minimum atomic E-state index is 0.206. The molecule has 0 heterocycles. The van der Waals surface area contributed by atoms with Gasteiger partial charge >= 0.3 is 0 Å². The molecule has 0 rings (SSSR count). The second-order valence-corrected chi connectivity index (χ2v) is 6.13. The Hall–Kier alpha value is -0.380. The summed E-state index contributed by atoms with van der Waals surface area (Å²) >= 11 is 1.85. The van der Waals surface area contributed by atoms with Crippen LogP contribution in [-0.4, -0.2) is 36.1 Å². The molecule has 4 heteroatoms. The van der Waals surface area contributed by atoms with Gasteiger partial charge in [0, 0.05) is 17.3 Å². The highest BCUT2D eigenvalue weighted by atomic mass is 32.2. The number of hydrogen-bond acceptors (Lipinski definition) is 2. The molecule has 0 spiro atoms. The highest BCUT2D eigenvalue weighted by molar-refractivity contribution is 7.99. The van der Waals surface area contributed by atoms with E-state index in [1.54, 1.807) is 0 Å². The quantitative estimate of drug-likeness (QED) is 0.557. The molecule has 0 saturated carbocycles. The van der Waals surface area contributed by atoms with Crippen molar-refractivity contribution >= 4 is 17.7 Å². The van der Waals surface area contributed by atoms with Gasteiger partial charge in [-0.15, -0.1) is 0 Å². The Balaban J connectivity index is 4.34. The molecule has 0 saturated heterocycles. The lowest BCUT2D eigenvalue weighted by atomic mass is 10.2. The fraction of sp³-hybridized carbons (Fsp3) is 0.917. The number of hydrogen-bond donors (Lipinski definition) is 2. The van der Waals surface area contributed by atoms with Crippen molar-refractivity contribution in [1.29, 1.82) is 0 Å². The number of nitrogens with one attached hydrogen (secondary N) is 2. The highest BCUT2D eigenvalue weighted by Gasteiger charge is 2.15. The second-order valence-electron chi connectivity index (χ2n) is 4.61. The normalized spacial score (nSPS) is 14.8. The molecule has 1 atom stereocenters. The van der Waals surface area contributed by atoms with Crippen LogP contribution in [0, 0.1) is 0 Å². The van der Waals surface area contributed by atoms with Gasteiger partial charge in [-0.05, 0) is 40.4 Å². The van der Waals surface area contributed by atoms with Crippen LogP contribution in [0.15, 0.2) is 4.99 Å². The summed E-state index contributed by atoms with van der Waals surface area (Å²) in [7, 11) is 0. The molecule has 0 aliphatic carbocycles. The van der Waals surface area contributed by atoms with Crippen LogP contribution in [0.1, 0.15) is 41.0 Å². The van der Waals surface area contributed by atoms with Gasteiger partial charge in [0.05, 0.1) is 6.54 Å². The summed E-state index contributed by atoms with van der Waals surface area (Å²) in [4.78, 5) is 4.62. The van der Waals surface area contributed by atoms with Gasteiger partial charge in [0.25, 0.3) is 0 Å². The van der Waals surface area contributed by atoms with Crippen molar-refractivity contribution in [3.63, 3.8) is 0 Å². The SMILES string of the molecule is CCNC(=NCC(C)(C)SC)NC(C)CC. The van der Waals surface area contributed by atoms with Crippen LogP contribution >= 0.6 is 11.8 Å². The average molecular weight is 245 g/mol. The van der Waals surface area contributed by atoms with E-state index in [0.29, 0.717) is 6.04 Å². The average Bonchev–Trinajstić information content (AvgIpc) is 2.26. The maximum Gasteiger partial charge on any atom is 0.191 e. The summed E-state index contributed by atoms with van der Waals surface area (Å²) in [5, 5.41) is 6.67. The molecule has 0 amide bonds. The number of thioether (sulfide) groups is 1. The van der Waals surface area contributed by atoms with Crippen molar-refractivity contribution in [2.75, 3.05) is 19.3 Å². The second kappa shape index (κ2) is 7.82. The molecule has 0 aliphatic heterocycles. The van der Waals surface area contributed by atoms with Gasteiger partial charge in [0.15, 0.2) is 5.96 Å². The largest absolute Gasteiger partial charge is 0.357 e. The summed E-state index contributed by atoms with van der Waals surface area (Å²) in [6.07, 6.45) is 3.24. The van der Waals surface area contributed by atoms with Crippen LogP contribution in [0.2, 0.25) is 0 Å². The molecule has 0 aromatic rings. The van der Waals surface area contributed by atoms with E-state index < -0.39 is 0 Å². The minimum Gasteiger partial charge on any atom is -0.357 e. The fourth-order valence-electron chi connectivity index (χ4n) is 0.989. The topological polar surface area (TPSA) is 36.4 Å². The Morgan fingerprint density at radius 2 is 2.00 bits per heavy atom. The number of aliphatic imine (C=N–C) groups is 1. The summed E-state index contributed by atoms with van der Waals surface area (Å²) in [5.41, 5.74) is 0. The lowest BCUT2D eigenvalue weighted by Crippen LogP contribution is -2.42. The minimum absolute atomic E-state index is 0.206. The van der Waals surface area contributed by atoms with Crippen molar-refractivity contribution in [2.45, 2.75) is 51.8 Å². The van der Waals surface area contributed by atoms with Crippen LogP contribution in [0.5, 0.6) is 0 Å². The molecule has 0 aromatic carbocycles. The maximum absolute atomic E-state index is 4.62. The molecule has 3 nitrogen and oxygen atoms in total. The summed E-state index contributed by atoms with van der Waals surface area (Å²) < 4.78 is 0.206. The van der Waals surface area contributed by atoms with Crippen molar-refractivity contribution in [3.05, 3.63) is 0 Å². The molecule has 0 radical (unpaired) electrons. The van der Waals surface area contributed by atoms with Crippen molar-refractivity contribution in [1.82, 2.24) is 10.6 Å². The standard InChI is InChI=1S/C12H27N3S/c1-7-10(3)15-11(13-8-2)14-9-12(4,5)16-6/h10H,7-9H2,1-6H3,(H2,13,14,15). The number of guanidine groups is 1. The third-order valence-electron chi connectivity index (χ3n) is 2.51. The third kappa shape index (κ3) is 6.99. The Kier molecular flexibility index (Phi) is 7.64. The monoisotopic (exact) mass is 245 g/mol. The van der Waals surface area contributed by atoms with Crippen molar-refractivity contribution < 1.29 is 0 Å². The smallest absolute Gasteiger partial charge is 0.191 e. The predicted octanol–water partition coefficient (Wildman–Crippen LogP) is 2.48. The molecule has 16 heavy (non-hydrogen) atoms. The van der Waals surface area contributed by atoms with E-state index in [-0.39, 0.29) is 4.75 Å². The lowest BCUT2D eigenvalue weighted by Gasteiger charge is -2.21. The Morgan fingerprint density at radius 1 is 1.38 bits per heavy atom. The maximum atomic E-state index is 4.62. The van der Waals surface area contributed by atoms with Gasteiger partial charge in [-0.1, -0.05) is 6.92 Å². The molecular formula is C12H27N3S. The molecule has 0 aliphatic rings. The molecule has 0 fully saturated rings. The van der Waals surface area contributed by atoms with Crippen LogP contribution in [-0.2, 0) is 0 Å². The first-order valence-electron chi connectivity index (χ1n) is 6.05. The zero-order chi connectivity index (χ0) is 12.6. The molecular weight excluding hydrogens is 218 g/mol. The Morgan fingerprint density at radius 3 is 2.44 bits per heavy atom. The van der Waals surface area contributed by atoms with Gasteiger partial charge in [-0.25, -0.2) is 0 Å². The first-order valence-corrected chi connectivity index (χ1v) is 7.27. The zero-order valence-electron chi connectivity index (χ0n) is 11.6. The molecule has 96 valence electrons.